The highest BCUT2D eigenvalue weighted by Gasteiger charge is 2.40. The standard InChI is InChI=1S/C18H30N2O3/c1-19-17(21)11-20(18(22)8-13-4-2-3-5-13)16-9-14-6-7-23-12-15(14)10-16/h13-16H,2-12H2,1H3,(H,19,21)/t14-,15-,16+/m1/s1. The van der Waals surface area contributed by atoms with Gasteiger partial charge in [0.1, 0.15) is 0 Å². The molecule has 23 heavy (non-hydrogen) atoms. The van der Waals surface area contributed by atoms with Gasteiger partial charge in [-0.05, 0) is 49.9 Å². The first kappa shape index (κ1) is 16.7. The molecule has 1 heterocycles. The number of nitrogens with zero attached hydrogens (tertiary/aromatic N) is 1. The molecule has 5 heteroatoms. The third-order valence-electron chi connectivity index (χ3n) is 6.07. The van der Waals surface area contributed by atoms with Crippen LogP contribution in [0, 0.1) is 17.8 Å². The van der Waals surface area contributed by atoms with E-state index in [1.54, 1.807) is 7.05 Å². The second kappa shape index (κ2) is 7.65. The Hall–Kier alpha value is -1.10. The number of carbonyl (C=O) groups is 2. The second-order valence-corrected chi connectivity index (χ2v) is 7.56. The van der Waals surface area contributed by atoms with Gasteiger partial charge < -0.3 is 15.0 Å². The highest BCUT2D eigenvalue weighted by atomic mass is 16.5. The number of nitrogens with one attached hydrogen (secondary N) is 1. The lowest BCUT2D eigenvalue weighted by Crippen LogP contribution is -2.45. The average molecular weight is 322 g/mol. The minimum absolute atomic E-state index is 0.0594. The van der Waals surface area contributed by atoms with Crippen LogP contribution in [0.15, 0.2) is 0 Å². The van der Waals surface area contributed by atoms with Crippen LogP contribution in [-0.2, 0) is 14.3 Å². The van der Waals surface area contributed by atoms with Gasteiger partial charge in [-0.2, -0.15) is 0 Å². The van der Waals surface area contributed by atoms with E-state index in [0.717, 1.165) is 32.5 Å². The third-order valence-corrected chi connectivity index (χ3v) is 6.07. The molecule has 0 aromatic rings. The van der Waals surface area contributed by atoms with E-state index in [1.807, 2.05) is 4.90 Å². The largest absolute Gasteiger partial charge is 0.381 e. The molecule has 1 N–H and O–H groups in total. The van der Waals surface area contributed by atoms with Crippen molar-refractivity contribution in [1.82, 2.24) is 10.2 Å². The van der Waals surface area contributed by atoms with Crippen LogP contribution in [0.4, 0.5) is 0 Å². The van der Waals surface area contributed by atoms with Crippen LogP contribution in [0.2, 0.25) is 0 Å². The van der Waals surface area contributed by atoms with Gasteiger partial charge in [0, 0.05) is 32.7 Å². The normalized spacial score (nSPS) is 30.9. The van der Waals surface area contributed by atoms with Crippen molar-refractivity contribution in [3.63, 3.8) is 0 Å². The minimum atomic E-state index is -0.0594. The Kier molecular flexibility index (Phi) is 5.57. The number of likely N-dealkylation sites (N-methyl/N-ethyl adjacent to an activating group) is 1. The average Bonchev–Trinajstić information content (AvgIpc) is 3.20. The van der Waals surface area contributed by atoms with Crippen molar-refractivity contribution in [1.29, 1.82) is 0 Å². The number of fused-ring (bicyclic) bond motifs is 1. The molecule has 0 bridgehead atoms. The minimum Gasteiger partial charge on any atom is -0.381 e. The van der Waals surface area contributed by atoms with Gasteiger partial charge in [-0.15, -0.1) is 0 Å². The number of rotatable bonds is 5. The monoisotopic (exact) mass is 322 g/mol. The molecular formula is C18H30N2O3. The Labute approximate surface area is 139 Å². The van der Waals surface area contributed by atoms with Gasteiger partial charge in [0.25, 0.3) is 0 Å². The maximum atomic E-state index is 12.9. The van der Waals surface area contributed by atoms with Crippen LogP contribution in [0.25, 0.3) is 0 Å². The Morgan fingerprint density at radius 1 is 1.13 bits per heavy atom. The Morgan fingerprint density at radius 2 is 1.87 bits per heavy atom. The summed E-state index contributed by atoms with van der Waals surface area (Å²) in [5.41, 5.74) is 0. The number of ether oxygens (including phenoxy) is 1. The molecule has 3 aliphatic rings. The van der Waals surface area contributed by atoms with Crippen molar-refractivity contribution < 1.29 is 14.3 Å². The van der Waals surface area contributed by atoms with E-state index < -0.39 is 0 Å². The molecule has 0 spiro atoms. The van der Waals surface area contributed by atoms with Crippen LogP contribution >= 0.6 is 0 Å². The highest BCUT2D eigenvalue weighted by molar-refractivity contribution is 5.85. The van der Waals surface area contributed by atoms with Gasteiger partial charge in [0.05, 0.1) is 6.54 Å². The summed E-state index contributed by atoms with van der Waals surface area (Å²) < 4.78 is 5.60. The molecule has 0 aromatic carbocycles. The molecule has 2 saturated carbocycles. The van der Waals surface area contributed by atoms with Gasteiger partial charge in [-0.25, -0.2) is 0 Å². The van der Waals surface area contributed by atoms with Gasteiger partial charge in [0.15, 0.2) is 0 Å². The van der Waals surface area contributed by atoms with Crippen molar-refractivity contribution >= 4 is 11.8 Å². The van der Waals surface area contributed by atoms with Crippen LogP contribution in [-0.4, -0.2) is 49.6 Å². The van der Waals surface area contributed by atoms with Crippen molar-refractivity contribution in [2.45, 2.75) is 57.4 Å². The molecular weight excluding hydrogens is 292 g/mol. The zero-order valence-electron chi connectivity index (χ0n) is 14.3. The van der Waals surface area contributed by atoms with E-state index in [2.05, 4.69) is 5.32 Å². The molecule has 1 saturated heterocycles. The SMILES string of the molecule is CNC(=O)CN(C(=O)CC1CCCC1)[C@H]1C[C@H]2CCOC[C@H]2C1. The molecule has 0 unspecified atom stereocenters. The lowest BCUT2D eigenvalue weighted by molar-refractivity contribution is -0.139. The maximum absolute atomic E-state index is 12.9. The molecule has 5 nitrogen and oxygen atoms in total. The summed E-state index contributed by atoms with van der Waals surface area (Å²) >= 11 is 0. The van der Waals surface area contributed by atoms with Crippen molar-refractivity contribution in [3.8, 4) is 0 Å². The zero-order chi connectivity index (χ0) is 16.2. The number of hydrogen-bond acceptors (Lipinski definition) is 3. The first-order chi connectivity index (χ1) is 11.2. The summed E-state index contributed by atoms with van der Waals surface area (Å²) in [6.45, 7) is 1.89. The van der Waals surface area contributed by atoms with E-state index in [0.29, 0.717) is 24.2 Å². The van der Waals surface area contributed by atoms with Crippen molar-refractivity contribution in [3.05, 3.63) is 0 Å². The summed E-state index contributed by atoms with van der Waals surface area (Å²) in [5.74, 6) is 1.89. The summed E-state index contributed by atoms with van der Waals surface area (Å²) in [5, 5.41) is 2.67. The van der Waals surface area contributed by atoms with Crippen LogP contribution in [0.3, 0.4) is 0 Å². The summed E-state index contributed by atoms with van der Waals surface area (Å²) in [6.07, 6.45) is 8.61. The van der Waals surface area contributed by atoms with E-state index in [-0.39, 0.29) is 24.4 Å². The van der Waals surface area contributed by atoms with Crippen LogP contribution in [0.1, 0.15) is 51.4 Å². The molecule has 3 atom stereocenters. The first-order valence-electron chi connectivity index (χ1n) is 9.25. The molecule has 0 aromatic heterocycles. The molecule has 1 aliphatic heterocycles. The van der Waals surface area contributed by atoms with Gasteiger partial charge in [-0.3, -0.25) is 9.59 Å². The Morgan fingerprint density at radius 3 is 2.57 bits per heavy atom. The number of hydrogen-bond donors (Lipinski definition) is 1. The smallest absolute Gasteiger partial charge is 0.239 e. The quantitative estimate of drug-likeness (QED) is 0.842. The third kappa shape index (κ3) is 4.06. The summed E-state index contributed by atoms with van der Waals surface area (Å²) in [4.78, 5) is 26.6. The zero-order valence-corrected chi connectivity index (χ0v) is 14.3. The predicted octanol–water partition coefficient (Wildman–Crippen LogP) is 1.96. The lowest BCUT2D eigenvalue weighted by atomic mass is 9.92. The predicted molar refractivity (Wildman–Crippen MR) is 87.8 cm³/mol. The number of carbonyl (C=O) groups excluding carboxylic acids is 2. The Balaban J connectivity index is 1.64. The lowest BCUT2D eigenvalue weighted by Gasteiger charge is -2.29. The molecule has 2 amide bonds. The number of amides is 2. The van der Waals surface area contributed by atoms with E-state index in [9.17, 15) is 9.59 Å². The second-order valence-electron chi connectivity index (χ2n) is 7.56. The van der Waals surface area contributed by atoms with E-state index >= 15 is 0 Å². The molecule has 2 aliphatic carbocycles. The van der Waals surface area contributed by atoms with Crippen molar-refractivity contribution in [2.24, 2.45) is 17.8 Å². The fourth-order valence-electron chi connectivity index (χ4n) is 4.70. The Bertz CT molecular complexity index is 420. The topological polar surface area (TPSA) is 58.6 Å². The van der Waals surface area contributed by atoms with Crippen molar-refractivity contribution in [2.75, 3.05) is 26.8 Å². The van der Waals surface area contributed by atoms with E-state index in [4.69, 9.17) is 4.74 Å². The summed E-state index contributed by atoms with van der Waals surface area (Å²) in [7, 11) is 1.64. The molecule has 0 radical (unpaired) electrons. The van der Waals surface area contributed by atoms with Crippen LogP contribution < -0.4 is 5.32 Å². The highest BCUT2D eigenvalue weighted by Crippen LogP contribution is 2.40. The first-order valence-corrected chi connectivity index (χ1v) is 9.25. The van der Waals surface area contributed by atoms with E-state index in [1.165, 1.54) is 25.7 Å². The molecule has 3 rings (SSSR count). The molecule has 130 valence electrons. The maximum Gasteiger partial charge on any atom is 0.239 e. The fraction of sp³-hybridized carbons (Fsp3) is 0.889. The van der Waals surface area contributed by atoms with Crippen LogP contribution in [0.5, 0.6) is 0 Å². The van der Waals surface area contributed by atoms with Gasteiger partial charge in [-0.1, -0.05) is 12.8 Å². The fourth-order valence-corrected chi connectivity index (χ4v) is 4.70. The summed E-state index contributed by atoms with van der Waals surface area (Å²) in [6, 6.07) is 0.220. The van der Waals surface area contributed by atoms with Gasteiger partial charge >= 0.3 is 0 Å². The molecule has 3 fully saturated rings. The van der Waals surface area contributed by atoms with Gasteiger partial charge in [0.2, 0.25) is 11.8 Å².